The van der Waals surface area contributed by atoms with Gasteiger partial charge >= 0.3 is 0 Å². The fourth-order valence-corrected chi connectivity index (χ4v) is 3.82. The lowest BCUT2D eigenvalue weighted by Crippen LogP contribution is -2.12. The van der Waals surface area contributed by atoms with Gasteiger partial charge in [-0.25, -0.2) is 4.68 Å². The Hall–Kier alpha value is -1.86. The summed E-state index contributed by atoms with van der Waals surface area (Å²) in [7, 11) is 0. The van der Waals surface area contributed by atoms with Crippen molar-refractivity contribution >= 4 is 23.1 Å². The first-order chi connectivity index (χ1) is 9.42. The number of nitrogens with one attached hydrogen (secondary N) is 1. The van der Waals surface area contributed by atoms with Crippen LogP contribution in [0.2, 0.25) is 0 Å². The van der Waals surface area contributed by atoms with E-state index in [0.29, 0.717) is 0 Å². The van der Waals surface area contributed by atoms with Crippen molar-refractivity contribution in [1.29, 1.82) is 0 Å². The van der Waals surface area contributed by atoms with Crippen LogP contribution in [0, 0.1) is 0 Å². The molecular formula is C12H9N5S2. The van der Waals surface area contributed by atoms with Gasteiger partial charge in [0.1, 0.15) is 5.37 Å². The summed E-state index contributed by atoms with van der Waals surface area (Å²) in [5.41, 5.74) is 4.44. The molecule has 0 amide bonds. The van der Waals surface area contributed by atoms with Gasteiger partial charge in [0.2, 0.25) is 5.16 Å². The predicted molar refractivity (Wildman–Crippen MR) is 75.5 cm³/mol. The smallest absolute Gasteiger partial charge is 0.212 e. The number of fused-ring (bicyclic) bond motifs is 1. The van der Waals surface area contributed by atoms with Crippen LogP contribution in [0.5, 0.6) is 0 Å². The summed E-state index contributed by atoms with van der Waals surface area (Å²) in [6, 6.07) is 8.05. The lowest BCUT2D eigenvalue weighted by Gasteiger charge is -2.09. The van der Waals surface area contributed by atoms with Crippen LogP contribution in [0.3, 0.4) is 0 Å². The highest BCUT2D eigenvalue weighted by molar-refractivity contribution is 7.99. The Balaban J connectivity index is 1.70. The molecule has 7 heteroatoms. The third-order valence-corrected chi connectivity index (χ3v) is 5.00. The molecule has 4 heterocycles. The molecule has 0 spiro atoms. The third kappa shape index (κ3) is 1.82. The molecule has 3 aromatic rings. The molecule has 4 rings (SSSR count). The van der Waals surface area contributed by atoms with Crippen molar-refractivity contribution in [2.75, 3.05) is 5.43 Å². The second-order valence-corrected chi connectivity index (χ2v) is 6.07. The first-order valence-electron chi connectivity index (χ1n) is 5.74. The van der Waals surface area contributed by atoms with E-state index in [-0.39, 0.29) is 5.37 Å². The number of pyridine rings is 1. The standard InChI is InChI=1S/C12H9N5S2/c1-2-9(18-7-1)11-16-17-10(14-15-12(17)19-11)8-3-5-13-6-4-8/h1-7,11,16H. The quantitative estimate of drug-likeness (QED) is 0.785. The summed E-state index contributed by atoms with van der Waals surface area (Å²) >= 11 is 3.42. The number of thioether (sulfide) groups is 1. The number of thiophene rings is 1. The van der Waals surface area contributed by atoms with Gasteiger partial charge in [0.25, 0.3) is 0 Å². The van der Waals surface area contributed by atoms with Gasteiger partial charge in [-0.05, 0) is 23.6 Å². The van der Waals surface area contributed by atoms with E-state index in [0.717, 1.165) is 16.5 Å². The van der Waals surface area contributed by atoms with Crippen LogP contribution >= 0.6 is 23.1 Å². The van der Waals surface area contributed by atoms with Crippen LogP contribution in [0.1, 0.15) is 10.3 Å². The Morgan fingerprint density at radius 3 is 2.84 bits per heavy atom. The predicted octanol–water partition coefficient (Wildman–Crippen LogP) is 2.75. The van der Waals surface area contributed by atoms with Crippen molar-refractivity contribution in [3.05, 3.63) is 46.9 Å². The van der Waals surface area contributed by atoms with E-state index in [1.54, 1.807) is 35.5 Å². The minimum Gasteiger partial charge on any atom is -0.303 e. The molecule has 0 radical (unpaired) electrons. The van der Waals surface area contributed by atoms with E-state index in [9.17, 15) is 0 Å². The van der Waals surface area contributed by atoms with Gasteiger partial charge in [-0.15, -0.1) is 21.5 Å². The minimum absolute atomic E-state index is 0.214. The van der Waals surface area contributed by atoms with Crippen LogP contribution in [-0.2, 0) is 0 Å². The van der Waals surface area contributed by atoms with Crippen LogP contribution in [0.4, 0.5) is 0 Å². The number of nitrogens with zero attached hydrogens (tertiary/aromatic N) is 4. The Bertz CT molecular complexity index is 692. The summed E-state index contributed by atoms with van der Waals surface area (Å²) in [5, 5.41) is 11.7. The van der Waals surface area contributed by atoms with Crippen LogP contribution in [0.15, 0.2) is 47.2 Å². The first-order valence-corrected chi connectivity index (χ1v) is 7.50. The van der Waals surface area contributed by atoms with Gasteiger partial charge in [-0.2, -0.15) is 0 Å². The summed E-state index contributed by atoms with van der Waals surface area (Å²) < 4.78 is 1.95. The maximum absolute atomic E-state index is 4.23. The lowest BCUT2D eigenvalue weighted by molar-refractivity contribution is 0.796. The highest BCUT2D eigenvalue weighted by atomic mass is 32.2. The SMILES string of the molecule is c1csc(C2Nn3c(nnc3-c3ccncc3)S2)c1. The molecule has 1 N–H and O–H groups in total. The van der Waals surface area contributed by atoms with Crippen molar-refractivity contribution < 1.29 is 0 Å². The van der Waals surface area contributed by atoms with Crippen molar-refractivity contribution in [3.8, 4) is 11.4 Å². The molecule has 19 heavy (non-hydrogen) atoms. The highest BCUT2D eigenvalue weighted by Crippen LogP contribution is 2.41. The average Bonchev–Trinajstić information content (AvgIpc) is 3.15. The number of rotatable bonds is 2. The molecule has 5 nitrogen and oxygen atoms in total. The zero-order valence-electron chi connectivity index (χ0n) is 9.72. The van der Waals surface area contributed by atoms with E-state index in [2.05, 4.69) is 38.1 Å². The molecule has 1 unspecified atom stereocenters. The number of hydrogen-bond donors (Lipinski definition) is 1. The largest absolute Gasteiger partial charge is 0.303 e. The Morgan fingerprint density at radius 2 is 2.05 bits per heavy atom. The van der Waals surface area contributed by atoms with Crippen LogP contribution in [-0.4, -0.2) is 19.9 Å². The molecule has 1 aliphatic heterocycles. The summed E-state index contributed by atoms with van der Waals surface area (Å²) in [5.74, 6) is 0.823. The van der Waals surface area contributed by atoms with Gasteiger partial charge in [0.15, 0.2) is 5.82 Å². The molecule has 1 atom stereocenters. The molecule has 0 aromatic carbocycles. The van der Waals surface area contributed by atoms with E-state index < -0.39 is 0 Å². The third-order valence-electron chi connectivity index (χ3n) is 2.84. The van der Waals surface area contributed by atoms with Crippen molar-refractivity contribution in [2.24, 2.45) is 0 Å². The summed E-state index contributed by atoms with van der Waals surface area (Å²) in [6.45, 7) is 0. The van der Waals surface area contributed by atoms with Crippen molar-refractivity contribution in [2.45, 2.75) is 10.5 Å². The Labute approximate surface area is 117 Å². The second-order valence-electron chi connectivity index (χ2n) is 4.02. The topological polar surface area (TPSA) is 55.6 Å². The number of aromatic nitrogens is 4. The van der Waals surface area contributed by atoms with Gasteiger partial charge < -0.3 is 5.43 Å². The molecule has 0 bridgehead atoms. The van der Waals surface area contributed by atoms with Crippen LogP contribution in [0.25, 0.3) is 11.4 Å². The molecule has 1 aliphatic rings. The zero-order valence-corrected chi connectivity index (χ0v) is 11.4. The monoisotopic (exact) mass is 287 g/mol. The van der Waals surface area contributed by atoms with E-state index in [1.165, 1.54) is 4.88 Å². The highest BCUT2D eigenvalue weighted by Gasteiger charge is 2.28. The van der Waals surface area contributed by atoms with Gasteiger partial charge in [0, 0.05) is 22.8 Å². The average molecular weight is 287 g/mol. The zero-order chi connectivity index (χ0) is 12.7. The summed E-state index contributed by atoms with van der Waals surface area (Å²) in [4.78, 5) is 5.31. The van der Waals surface area contributed by atoms with E-state index in [1.807, 2.05) is 16.8 Å². The molecule has 0 saturated heterocycles. The Kier molecular flexibility index (Phi) is 2.52. The van der Waals surface area contributed by atoms with Gasteiger partial charge in [-0.3, -0.25) is 4.98 Å². The fraction of sp³-hybridized carbons (Fsp3) is 0.0833. The van der Waals surface area contributed by atoms with Gasteiger partial charge in [-0.1, -0.05) is 17.8 Å². The second kappa shape index (κ2) is 4.36. The maximum Gasteiger partial charge on any atom is 0.212 e. The lowest BCUT2D eigenvalue weighted by atomic mass is 10.2. The van der Waals surface area contributed by atoms with E-state index >= 15 is 0 Å². The van der Waals surface area contributed by atoms with Crippen molar-refractivity contribution in [3.63, 3.8) is 0 Å². The van der Waals surface area contributed by atoms with Crippen LogP contribution < -0.4 is 5.43 Å². The molecular weight excluding hydrogens is 278 g/mol. The maximum atomic E-state index is 4.23. The minimum atomic E-state index is 0.214. The normalized spacial score (nSPS) is 17.2. The summed E-state index contributed by atoms with van der Waals surface area (Å²) in [6.07, 6.45) is 3.52. The first kappa shape index (κ1) is 11.0. The molecule has 3 aromatic heterocycles. The van der Waals surface area contributed by atoms with Crippen molar-refractivity contribution in [1.82, 2.24) is 19.9 Å². The molecule has 0 saturated carbocycles. The molecule has 94 valence electrons. The van der Waals surface area contributed by atoms with E-state index in [4.69, 9.17) is 0 Å². The molecule has 0 fully saturated rings. The van der Waals surface area contributed by atoms with Gasteiger partial charge in [0.05, 0.1) is 0 Å². The number of hydrogen-bond acceptors (Lipinski definition) is 6. The fourth-order valence-electron chi connectivity index (χ4n) is 1.96. The Morgan fingerprint density at radius 1 is 1.16 bits per heavy atom. The molecule has 0 aliphatic carbocycles.